The van der Waals surface area contributed by atoms with Crippen LogP contribution in [0, 0.1) is 0 Å². The minimum absolute atomic E-state index is 0.0576. The van der Waals surface area contributed by atoms with Crippen LogP contribution in [-0.4, -0.2) is 31.1 Å². The molecule has 6 heteroatoms. The first-order valence-electron chi connectivity index (χ1n) is 10.7. The third kappa shape index (κ3) is 3.61. The molecule has 1 amide bonds. The van der Waals surface area contributed by atoms with Gasteiger partial charge >= 0.3 is 0 Å². The van der Waals surface area contributed by atoms with E-state index in [2.05, 4.69) is 38.1 Å². The Morgan fingerprint density at radius 2 is 1.77 bits per heavy atom. The molecule has 6 nitrogen and oxygen atoms in total. The number of carbonyl (C=O) groups excluding carboxylic acids is 1. The molecule has 0 saturated heterocycles. The third-order valence-corrected chi connectivity index (χ3v) is 5.91. The van der Waals surface area contributed by atoms with Gasteiger partial charge in [-0.05, 0) is 48.7 Å². The van der Waals surface area contributed by atoms with Crippen LogP contribution < -0.4 is 5.32 Å². The Morgan fingerprint density at radius 1 is 0.933 bits per heavy atom. The zero-order chi connectivity index (χ0) is 20.3. The highest BCUT2D eigenvalue weighted by atomic mass is 16.2. The van der Waals surface area contributed by atoms with Gasteiger partial charge in [-0.3, -0.25) is 9.78 Å². The fourth-order valence-electron chi connectivity index (χ4n) is 4.30. The van der Waals surface area contributed by atoms with Crippen molar-refractivity contribution >= 4 is 11.4 Å². The van der Waals surface area contributed by atoms with E-state index in [1.54, 1.807) is 23.1 Å². The van der Waals surface area contributed by atoms with E-state index < -0.39 is 0 Å². The Balaban J connectivity index is 1.48. The summed E-state index contributed by atoms with van der Waals surface area (Å²) < 4.78 is 3.80. The third-order valence-electron chi connectivity index (χ3n) is 5.91. The van der Waals surface area contributed by atoms with Crippen molar-refractivity contribution < 1.29 is 4.79 Å². The maximum absolute atomic E-state index is 13.0. The van der Waals surface area contributed by atoms with Crippen LogP contribution in [0.4, 0.5) is 0 Å². The lowest BCUT2D eigenvalue weighted by atomic mass is 10.1. The number of nitrogens with one attached hydrogen (secondary N) is 1. The quantitative estimate of drug-likeness (QED) is 0.509. The van der Waals surface area contributed by atoms with Crippen LogP contribution in [0.1, 0.15) is 49.0 Å². The lowest BCUT2D eigenvalue weighted by Gasteiger charge is -2.16. The summed E-state index contributed by atoms with van der Waals surface area (Å²) in [6.07, 6.45) is 14.4. The molecule has 1 saturated carbocycles. The second-order valence-electron chi connectivity index (χ2n) is 7.94. The highest BCUT2D eigenvalue weighted by Crippen LogP contribution is 2.23. The van der Waals surface area contributed by atoms with Crippen molar-refractivity contribution in [3.8, 4) is 16.9 Å². The van der Waals surface area contributed by atoms with Gasteiger partial charge in [0.1, 0.15) is 11.5 Å². The number of hydrogen-bond donors (Lipinski definition) is 1. The Morgan fingerprint density at radius 3 is 2.57 bits per heavy atom. The Bertz CT molecular complexity index is 1150. The molecule has 1 fully saturated rings. The van der Waals surface area contributed by atoms with Crippen LogP contribution in [0.3, 0.4) is 0 Å². The molecular weight excluding hydrogens is 374 g/mol. The molecule has 152 valence electrons. The number of carbonyl (C=O) groups is 1. The molecule has 4 aromatic heterocycles. The molecule has 0 spiro atoms. The SMILES string of the molecule is O=C(NC1CCCCCC1)c1ccnn1-c1ccc2ccc(-c3cccnc3)cn12. The second-order valence-corrected chi connectivity index (χ2v) is 7.94. The Kier molecular flexibility index (Phi) is 5.05. The number of aromatic nitrogens is 4. The molecule has 4 heterocycles. The first-order chi connectivity index (χ1) is 14.8. The van der Waals surface area contributed by atoms with E-state index in [-0.39, 0.29) is 11.9 Å². The molecule has 1 aliphatic carbocycles. The first kappa shape index (κ1) is 18.6. The highest BCUT2D eigenvalue weighted by Gasteiger charge is 2.20. The summed E-state index contributed by atoms with van der Waals surface area (Å²) in [5.74, 6) is 0.782. The standard InChI is InChI=1S/C24H25N5O/c30-24(27-20-7-3-1-2-4-8-20)22-13-15-26-29(22)23-12-11-21-10-9-19(17-28(21)23)18-6-5-14-25-16-18/h5-6,9-17,20H,1-4,7-8H2,(H,27,30). The fraction of sp³-hybridized carbons (Fsp3) is 0.292. The van der Waals surface area contributed by atoms with Crippen molar-refractivity contribution in [1.82, 2.24) is 24.5 Å². The van der Waals surface area contributed by atoms with E-state index in [1.165, 1.54) is 25.7 Å². The molecule has 1 N–H and O–H groups in total. The molecule has 5 rings (SSSR count). The predicted octanol–water partition coefficient (Wildman–Crippen LogP) is 4.64. The van der Waals surface area contributed by atoms with Gasteiger partial charge in [0.2, 0.25) is 0 Å². The van der Waals surface area contributed by atoms with Crippen molar-refractivity contribution in [2.24, 2.45) is 0 Å². The number of hydrogen-bond acceptors (Lipinski definition) is 3. The average Bonchev–Trinajstić information content (AvgIpc) is 3.35. The van der Waals surface area contributed by atoms with Crippen LogP contribution in [0.5, 0.6) is 0 Å². The monoisotopic (exact) mass is 399 g/mol. The summed E-state index contributed by atoms with van der Waals surface area (Å²) in [5.41, 5.74) is 3.71. The maximum atomic E-state index is 13.0. The second kappa shape index (κ2) is 8.14. The van der Waals surface area contributed by atoms with Crippen LogP contribution in [0.15, 0.2) is 67.3 Å². The zero-order valence-electron chi connectivity index (χ0n) is 16.9. The average molecular weight is 399 g/mol. The molecule has 0 aliphatic heterocycles. The van der Waals surface area contributed by atoms with Crippen molar-refractivity contribution in [2.75, 3.05) is 0 Å². The number of rotatable bonds is 4. The van der Waals surface area contributed by atoms with E-state index in [4.69, 9.17) is 0 Å². The first-order valence-corrected chi connectivity index (χ1v) is 10.7. The number of fused-ring (bicyclic) bond motifs is 1. The minimum atomic E-state index is -0.0576. The van der Waals surface area contributed by atoms with E-state index in [0.717, 1.165) is 35.3 Å². The Hall–Kier alpha value is -3.41. The van der Waals surface area contributed by atoms with Gasteiger partial charge in [-0.2, -0.15) is 5.10 Å². The number of pyridine rings is 2. The highest BCUT2D eigenvalue weighted by molar-refractivity contribution is 5.93. The molecular formula is C24H25N5O. The van der Waals surface area contributed by atoms with E-state index >= 15 is 0 Å². The molecule has 0 unspecified atom stereocenters. The smallest absolute Gasteiger partial charge is 0.270 e. The summed E-state index contributed by atoms with van der Waals surface area (Å²) >= 11 is 0. The van der Waals surface area contributed by atoms with Gasteiger partial charge in [0.25, 0.3) is 5.91 Å². The van der Waals surface area contributed by atoms with Gasteiger partial charge < -0.3 is 9.72 Å². The van der Waals surface area contributed by atoms with E-state index in [0.29, 0.717) is 5.69 Å². The van der Waals surface area contributed by atoms with Gasteiger partial charge in [0.05, 0.1) is 6.20 Å². The lowest BCUT2D eigenvalue weighted by molar-refractivity contribution is 0.0925. The normalized spacial score (nSPS) is 15.2. The van der Waals surface area contributed by atoms with Crippen LogP contribution in [0.25, 0.3) is 22.5 Å². The largest absolute Gasteiger partial charge is 0.348 e. The van der Waals surface area contributed by atoms with Gasteiger partial charge in [-0.15, -0.1) is 0 Å². The van der Waals surface area contributed by atoms with Crippen LogP contribution in [0.2, 0.25) is 0 Å². The molecule has 0 radical (unpaired) electrons. The summed E-state index contributed by atoms with van der Waals surface area (Å²) in [7, 11) is 0. The number of amides is 1. The van der Waals surface area contributed by atoms with Gasteiger partial charge in [-0.1, -0.05) is 37.8 Å². The zero-order valence-corrected chi connectivity index (χ0v) is 16.9. The molecule has 1 aliphatic rings. The summed E-state index contributed by atoms with van der Waals surface area (Å²) in [5, 5.41) is 7.70. The molecule has 0 atom stereocenters. The predicted molar refractivity (Wildman–Crippen MR) is 117 cm³/mol. The van der Waals surface area contributed by atoms with Crippen LogP contribution in [-0.2, 0) is 0 Å². The molecule has 30 heavy (non-hydrogen) atoms. The van der Waals surface area contributed by atoms with E-state index in [9.17, 15) is 4.79 Å². The van der Waals surface area contributed by atoms with Gasteiger partial charge in [-0.25, -0.2) is 4.68 Å². The fourth-order valence-corrected chi connectivity index (χ4v) is 4.30. The molecule has 0 aromatic carbocycles. The lowest BCUT2D eigenvalue weighted by Crippen LogP contribution is -2.35. The maximum Gasteiger partial charge on any atom is 0.270 e. The van der Waals surface area contributed by atoms with Crippen molar-refractivity contribution in [3.05, 3.63) is 72.9 Å². The van der Waals surface area contributed by atoms with Gasteiger partial charge in [0, 0.05) is 35.7 Å². The topological polar surface area (TPSA) is 64.2 Å². The Labute approximate surface area is 175 Å². The summed E-state index contributed by atoms with van der Waals surface area (Å²) in [6.45, 7) is 0. The van der Waals surface area contributed by atoms with Crippen LogP contribution >= 0.6 is 0 Å². The van der Waals surface area contributed by atoms with Gasteiger partial charge in [0.15, 0.2) is 0 Å². The number of nitrogens with zero attached hydrogens (tertiary/aromatic N) is 4. The van der Waals surface area contributed by atoms with E-state index in [1.807, 2.05) is 30.5 Å². The van der Waals surface area contributed by atoms with Crippen molar-refractivity contribution in [1.29, 1.82) is 0 Å². The van der Waals surface area contributed by atoms with Crippen molar-refractivity contribution in [2.45, 2.75) is 44.6 Å². The minimum Gasteiger partial charge on any atom is -0.348 e. The van der Waals surface area contributed by atoms with Crippen molar-refractivity contribution in [3.63, 3.8) is 0 Å². The summed E-state index contributed by atoms with van der Waals surface area (Å²) in [6, 6.07) is 14.2. The molecule has 4 aromatic rings. The molecule has 0 bridgehead atoms. The summed E-state index contributed by atoms with van der Waals surface area (Å²) in [4.78, 5) is 17.3.